The Balaban J connectivity index is 2.43. The first-order chi connectivity index (χ1) is 8.54. The number of aliphatic hydroxyl groups is 1. The van der Waals surface area contributed by atoms with Crippen molar-refractivity contribution < 1.29 is 19.4 Å². The van der Waals surface area contributed by atoms with E-state index in [9.17, 15) is 9.90 Å². The fourth-order valence-corrected chi connectivity index (χ4v) is 2.22. The third-order valence-electron chi connectivity index (χ3n) is 2.90. The molecule has 1 heterocycles. The summed E-state index contributed by atoms with van der Waals surface area (Å²) in [4.78, 5) is 12.3. The smallest absolute Gasteiger partial charge is 0.174 e. The van der Waals surface area contributed by atoms with Crippen LogP contribution in [0.5, 0.6) is 5.75 Å². The van der Waals surface area contributed by atoms with Crippen molar-refractivity contribution in [1.29, 1.82) is 0 Å². The molecular formula is C12H12Cl2O4. The number of ether oxygens (including phenoxy) is 2. The zero-order chi connectivity index (χ0) is 13.3. The molecule has 1 aliphatic heterocycles. The average Bonchev–Trinajstić information content (AvgIpc) is 2.50. The monoisotopic (exact) mass is 290 g/mol. The van der Waals surface area contributed by atoms with Gasteiger partial charge in [-0.2, -0.15) is 0 Å². The SMILES string of the molecule is COC(O)C1CCOc2cc(Cl)c(Cl)cc2C1=O. The Bertz CT molecular complexity index is 475. The van der Waals surface area contributed by atoms with Gasteiger partial charge in [-0.15, -0.1) is 0 Å². The van der Waals surface area contributed by atoms with Gasteiger partial charge in [-0.25, -0.2) is 0 Å². The zero-order valence-corrected chi connectivity index (χ0v) is 11.2. The Hall–Kier alpha value is -0.810. The van der Waals surface area contributed by atoms with Crippen molar-refractivity contribution in [2.45, 2.75) is 12.7 Å². The first-order valence-electron chi connectivity index (χ1n) is 5.41. The van der Waals surface area contributed by atoms with Crippen LogP contribution in [0.4, 0.5) is 0 Å². The van der Waals surface area contributed by atoms with Gasteiger partial charge in [-0.3, -0.25) is 4.79 Å². The molecule has 6 heteroatoms. The molecule has 1 aromatic rings. The van der Waals surface area contributed by atoms with Gasteiger partial charge in [0.25, 0.3) is 0 Å². The van der Waals surface area contributed by atoms with Gasteiger partial charge in [0.2, 0.25) is 0 Å². The number of hydrogen-bond acceptors (Lipinski definition) is 4. The molecule has 4 nitrogen and oxygen atoms in total. The van der Waals surface area contributed by atoms with Gasteiger partial charge in [-0.1, -0.05) is 23.2 Å². The van der Waals surface area contributed by atoms with Crippen molar-refractivity contribution in [2.24, 2.45) is 5.92 Å². The van der Waals surface area contributed by atoms with Crippen LogP contribution in [0.1, 0.15) is 16.8 Å². The number of carbonyl (C=O) groups excluding carboxylic acids is 1. The zero-order valence-electron chi connectivity index (χ0n) is 9.65. The van der Waals surface area contributed by atoms with Crippen molar-refractivity contribution in [2.75, 3.05) is 13.7 Å². The van der Waals surface area contributed by atoms with Gasteiger partial charge in [-0.05, 0) is 12.5 Å². The number of benzene rings is 1. The third kappa shape index (κ3) is 2.47. The second kappa shape index (κ2) is 5.45. The molecule has 2 atom stereocenters. The largest absolute Gasteiger partial charge is 0.493 e. The number of ketones is 1. The minimum Gasteiger partial charge on any atom is -0.493 e. The summed E-state index contributed by atoms with van der Waals surface area (Å²) in [5.41, 5.74) is 0.322. The maximum absolute atomic E-state index is 12.3. The van der Waals surface area contributed by atoms with Gasteiger partial charge >= 0.3 is 0 Å². The Morgan fingerprint density at radius 3 is 2.78 bits per heavy atom. The summed E-state index contributed by atoms with van der Waals surface area (Å²) in [7, 11) is 1.35. The molecule has 0 aliphatic carbocycles. The van der Waals surface area contributed by atoms with E-state index in [2.05, 4.69) is 0 Å². The number of halogens is 2. The first-order valence-corrected chi connectivity index (χ1v) is 6.17. The fourth-order valence-electron chi connectivity index (χ4n) is 1.90. The van der Waals surface area contributed by atoms with Crippen molar-refractivity contribution in [3.8, 4) is 5.75 Å². The lowest BCUT2D eigenvalue weighted by molar-refractivity contribution is -0.104. The highest BCUT2D eigenvalue weighted by Gasteiger charge is 2.32. The van der Waals surface area contributed by atoms with E-state index in [0.717, 1.165) is 0 Å². The number of rotatable bonds is 2. The van der Waals surface area contributed by atoms with Crippen LogP contribution in [0, 0.1) is 5.92 Å². The minimum atomic E-state index is -1.15. The van der Waals surface area contributed by atoms with Gasteiger partial charge < -0.3 is 14.6 Å². The van der Waals surface area contributed by atoms with E-state index >= 15 is 0 Å². The molecule has 1 aliphatic rings. The number of Topliss-reactive ketones (excluding diaryl/α,β-unsaturated/α-hetero) is 1. The molecule has 2 unspecified atom stereocenters. The van der Waals surface area contributed by atoms with Crippen molar-refractivity contribution in [3.63, 3.8) is 0 Å². The summed E-state index contributed by atoms with van der Waals surface area (Å²) in [5, 5.41) is 10.3. The van der Waals surface area contributed by atoms with Gasteiger partial charge in [0.1, 0.15) is 5.75 Å². The van der Waals surface area contributed by atoms with E-state index in [0.29, 0.717) is 29.4 Å². The number of methoxy groups -OCH3 is 1. The van der Waals surface area contributed by atoms with Gasteiger partial charge in [0.15, 0.2) is 12.1 Å². The summed E-state index contributed by atoms with van der Waals surface area (Å²) >= 11 is 11.8. The van der Waals surface area contributed by atoms with Crippen LogP contribution in [0.2, 0.25) is 10.0 Å². The van der Waals surface area contributed by atoms with Crippen molar-refractivity contribution in [1.82, 2.24) is 0 Å². The lowest BCUT2D eigenvalue weighted by atomic mass is 9.94. The summed E-state index contributed by atoms with van der Waals surface area (Å²) < 4.78 is 10.3. The van der Waals surface area contributed by atoms with E-state index in [-0.39, 0.29) is 10.8 Å². The van der Waals surface area contributed by atoms with Crippen LogP contribution in [0.15, 0.2) is 12.1 Å². The third-order valence-corrected chi connectivity index (χ3v) is 3.62. The highest BCUT2D eigenvalue weighted by atomic mass is 35.5. The summed E-state index contributed by atoms with van der Waals surface area (Å²) in [6, 6.07) is 2.97. The van der Waals surface area contributed by atoms with Crippen LogP contribution in [-0.2, 0) is 4.74 Å². The molecule has 18 heavy (non-hydrogen) atoms. The number of hydrogen-bond donors (Lipinski definition) is 1. The topological polar surface area (TPSA) is 55.8 Å². The highest BCUT2D eigenvalue weighted by molar-refractivity contribution is 6.42. The molecule has 0 fully saturated rings. The second-order valence-corrected chi connectivity index (χ2v) is 4.81. The lowest BCUT2D eigenvalue weighted by Gasteiger charge is -2.17. The number of fused-ring (bicyclic) bond motifs is 1. The minimum absolute atomic E-state index is 0.254. The number of carbonyl (C=O) groups is 1. The quantitative estimate of drug-likeness (QED) is 0.851. The predicted octanol–water partition coefficient (Wildman–Crippen LogP) is 2.54. The van der Waals surface area contributed by atoms with Crippen molar-refractivity contribution >= 4 is 29.0 Å². The predicted molar refractivity (Wildman–Crippen MR) is 67.4 cm³/mol. The van der Waals surface area contributed by atoms with E-state index in [1.165, 1.54) is 19.2 Å². The van der Waals surface area contributed by atoms with Crippen LogP contribution < -0.4 is 4.74 Å². The summed E-state index contributed by atoms with van der Waals surface area (Å²) in [6.07, 6.45) is -0.779. The van der Waals surface area contributed by atoms with E-state index in [1.54, 1.807) is 0 Å². The Labute approximate surface area is 114 Å². The number of aliphatic hydroxyl groups excluding tert-OH is 1. The van der Waals surface area contributed by atoms with Crippen LogP contribution in [-0.4, -0.2) is 30.9 Å². The molecule has 0 bridgehead atoms. The second-order valence-electron chi connectivity index (χ2n) is 4.00. The summed E-state index contributed by atoms with van der Waals surface area (Å²) in [6.45, 7) is 0.307. The van der Waals surface area contributed by atoms with Crippen LogP contribution in [0.25, 0.3) is 0 Å². The molecule has 0 spiro atoms. The van der Waals surface area contributed by atoms with Crippen molar-refractivity contribution in [3.05, 3.63) is 27.7 Å². The fraction of sp³-hybridized carbons (Fsp3) is 0.417. The van der Waals surface area contributed by atoms with E-state index in [4.69, 9.17) is 32.7 Å². The average molecular weight is 291 g/mol. The molecule has 1 aromatic carbocycles. The maximum atomic E-state index is 12.3. The van der Waals surface area contributed by atoms with Gasteiger partial charge in [0, 0.05) is 13.2 Å². The normalized spacial score (nSPS) is 20.9. The van der Waals surface area contributed by atoms with Gasteiger partial charge in [0.05, 0.1) is 28.1 Å². The molecule has 0 saturated carbocycles. The molecule has 0 radical (unpaired) electrons. The Morgan fingerprint density at radius 2 is 2.11 bits per heavy atom. The molecular weight excluding hydrogens is 279 g/mol. The molecule has 2 rings (SSSR count). The Kier molecular flexibility index (Phi) is 4.12. The van der Waals surface area contributed by atoms with E-state index < -0.39 is 12.2 Å². The molecule has 0 saturated heterocycles. The molecule has 1 N–H and O–H groups in total. The first kappa shape index (κ1) is 13.6. The van der Waals surface area contributed by atoms with Crippen LogP contribution in [0.3, 0.4) is 0 Å². The Morgan fingerprint density at radius 1 is 1.44 bits per heavy atom. The van der Waals surface area contributed by atoms with E-state index in [1.807, 2.05) is 0 Å². The van der Waals surface area contributed by atoms with Crippen LogP contribution >= 0.6 is 23.2 Å². The highest BCUT2D eigenvalue weighted by Crippen LogP contribution is 2.35. The molecule has 0 aromatic heterocycles. The maximum Gasteiger partial charge on any atom is 0.174 e. The standard InChI is InChI=1S/C12H12Cl2O4/c1-17-12(16)6-2-3-18-10-5-9(14)8(13)4-7(10)11(6)15/h4-6,12,16H,2-3H2,1H3. The molecule has 0 amide bonds. The lowest BCUT2D eigenvalue weighted by Crippen LogP contribution is -2.29. The summed E-state index contributed by atoms with van der Waals surface area (Å²) in [5.74, 6) is -0.524. The molecule has 98 valence electrons.